The lowest BCUT2D eigenvalue weighted by atomic mass is 10.1. The Morgan fingerprint density at radius 3 is 2.39 bits per heavy atom. The first kappa shape index (κ1) is 25.2. The molecule has 0 aliphatic heterocycles. The van der Waals surface area contributed by atoms with Crippen LogP contribution in [0.5, 0.6) is 0 Å². The average molecular weight is 517 g/mol. The topological polar surface area (TPSA) is 58.2 Å². The Bertz CT molecular complexity index is 1410. The van der Waals surface area contributed by atoms with Gasteiger partial charge in [-0.15, -0.1) is 11.8 Å². The van der Waals surface area contributed by atoms with Crippen LogP contribution >= 0.6 is 23.4 Å². The molecule has 0 aromatic heterocycles. The summed E-state index contributed by atoms with van der Waals surface area (Å²) in [7, 11) is 0. The largest absolute Gasteiger partial charge is 0.321 e. The third-order valence-corrected chi connectivity index (χ3v) is 6.41. The zero-order chi connectivity index (χ0) is 25.3. The molecule has 0 atom stereocenters. The summed E-state index contributed by atoms with van der Waals surface area (Å²) in [6.07, 6.45) is 1.57. The molecule has 4 nitrogen and oxygen atoms in total. The normalized spacial score (nSPS) is 11.1. The number of hydrogen-bond donors (Lipinski definition) is 2. The van der Waals surface area contributed by atoms with Crippen LogP contribution in [0.3, 0.4) is 0 Å². The van der Waals surface area contributed by atoms with Gasteiger partial charge in [0.05, 0.1) is 0 Å². The van der Waals surface area contributed by atoms with Crippen LogP contribution < -0.4 is 10.6 Å². The van der Waals surface area contributed by atoms with Crippen LogP contribution in [-0.2, 0) is 10.5 Å². The van der Waals surface area contributed by atoms with Crippen LogP contribution in [0.2, 0.25) is 5.02 Å². The number of rotatable bonds is 8. The zero-order valence-corrected chi connectivity index (χ0v) is 20.7. The summed E-state index contributed by atoms with van der Waals surface area (Å²) >= 11 is 7.56. The molecule has 0 aliphatic carbocycles. The lowest BCUT2D eigenvalue weighted by Crippen LogP contribution is -2.30. The van der Waals surface area contributed by atoms with E-state index in [0.717, 1.165) is 4.90 Å². The van der Waals surface area contributed by atoms with E-state index in [0.29, 0.717) is 33.2 Å². The molecule has 2 N–H and O–H groups in total. The van der Waals surface area contributed by atoms with Crippen LogP contribution in [0.1, 0.15) is 21.5 Å². The molecule has 7 heteroatoms. The fraction of sp³-hybridized carbons (Fsp3) is 0.0345. The molecule has 0 saturated carbocycles. The summed E-state index contributed by atoms with van der Waals surface area (Å²) in [5, 5.41) is 6.06. The molecule has 4 rings (SSSR count). The molecule has 180 valence electrons. The van der Waals surface area contributed by atoms with Gasteiger partial charge in [0, 0.05) is 26.9 Å². The standard InChI is InChI=1S/C29H22ClFN2O2S/c30-23-12-6-8-20(16-23)17-27(33-28(34)21-9-2-1-3-10-21)29(35)32-24-13-7-14-25(18-24)36-19-22-11-4-5-15-26(22)31/h1-18H,19H2,(H,32,35)(H,33,34)/b27-17-. The summed E-state index contributed by atoms with van der Waals surface area (Å²) in [4.78, 5) is 26.9. The lowest BCUT2D eigenvalue weighted by Gasteiger charge is -2.12. The Morgan fingerprint density at radius 1 is 0.861 bits per heavy atom. The fourth-order valence-corrected chi connectivity index (χ4v) is 4.48. The predicted octanol–water partition coefficient (Wildman–Crippen LogP) is 7.18. The molecule has 0 spiro atoms. The molecular formula is C29H22ClFN2O2S. The van der Waals surface area contributed by atoms with Gasteiger partial charge in [0.15, 0.2) is 0 Å². The Kier molecular flexibility index (Phi) is 8.55. The van der Waals surface area contributed by atoms with Crippen molar-refractivity contribution in [3.05, 3.63) is 136 Å². The first-order valence-corrected chi connectivity index (χ1v) is 12.5. The highest BCUT2D eigenvalue weighted by Crippen LogP contribution is 2.26. The number of thioether (sulfide) groups is 1. The minimum atomic E-state index is -0.490. The van der Waals surface area contributed by atoms with Crippen LogP contribution in [0.15, 0.2) is 114 Å². The van der Waals surface area contributed by atoms with Crippen molar-refractivity contribution in [2.24, 2.45) is 0 Å². The van der Waals surface area contributed by atoms with E-state index in [9.17, 15) is 14.0 Å². The molecule has 0 aliphatic rings. The van der Waals surface area contributed by atoms with Crippen molar-refractivity contribution in [1.29, 1.82) is 0 Å². The molecule has 4 aromatic carbocycles. The van der Waals surface area contributed by atoms with Crippen molar-refractivity contribution in [2.45, 2.75) is 10.6 Å². The molecule has 0 bridgehead atoms. The molecule has 4 aromatic rings. The summed E-state index contributed by atoms with van der Waals surface area (Å²) in [6, 6.07) is 29.5. The number of hydrogen-bond acceptors (Lipinski definition) is 3. The number of halogens is 2. The SMILES string of the molecule is O=C(Nc1cccc(SCc2ccccc2F)c1)/C(=C/c1cccc(Cl)c1)NC(=O)c1ccccc1. The Balaban J connectivity index is 1.52. The highest BCUT2D eigenvalue weighted by molar-refractivity contribution is 7.98. The van der Waals surface area contributed by atoms with Gasteiger partial charge in [-0.25, -0.2) is 4.39 Å². The van der Waals surface area contributed by atoms with Gasteiger partial charge >= 0.3 is 0 Å². The van der Waals surface area contributed by atoms with E-state index in [1.165, 1.54) is 17.8 Å². The summed E-state index contributed by atoms with van der Waals surface area (Å²) in [5.41, 5.74) is 2.30. The minimum absolute atomic E-state index is 0.0653. The molecule has 0 fully saturated rings. The van der Waals surface area contributed by atoms with E-state index in [1.54, 1.807) is 84.9 Å². The molecule has 36 heavy (non-hydrogen) atoms. The number of benzene rings is 4. The predicted molar refractivity (Wildman–Crippen MR) is 144 cm³/mol. The fourth-order valence-electron chi connectivity index (χ4n) is 3.34. The Labute approximate surface area is 218 Å². The summed E-state index contributed by atoms with van der Waals surface area (Å²) in [6.45, 7) is 0. The van der Waals surface area contributed by atoms with E-state index in [-0.39, 0.29) is 11.5 Å². The third-order valence-electron chi connectivity index (χ3n) is 5.13. The molecule has 0 unspecified atom stereocenters. The van der Waals surface area contributed by atoms with E-state index < -0.39 is 11.8 Å². The van der Waals surface area contributed by atoms with Gasteiger partial charge in [-0.2, -0.15) is 0 Å². The monoisotopic (exact) mass is 516 g/mol. The van der Waals surface area contributed by atoms with Crippen molar-refractivity contribution >= 4 is 46.9 Å². The molecule has 0 heterocycles. The van der Waals surface area contributed by atoms with Gasteiger partial charge in [0.25, 0.3) is 11.8 Å². The van der Waals surface area contributed by atoms with Gasteiger partial charge in [-0.3, -0.25) is 9.59 Å². The van der Waals surface area contributed by atoms with Crippen LogP contribution in [0, 0.1) is 5.82 Å². The highest BCUT2D eigenvalue weighted by atomic mass is 35.5. The average Bonchev–Trinajstić information content (AvgIpc) is 2.88. The van der Waals surface area contributed by atoms with Gasteiger partial charge in [0.2, 0.25) is 0 Å². The summed E-state index contributed by atoms with van der Waals surface area (Å²) in [5.74, 6) is -0.694. The molecular weight excluding hydrogens is 495 g/mol. The Hall–Kier alpha value is -3.87. The van der Waals surface area contributed by atoms with Crippen molar-refractivity contribution in [2.75, 3.05) is 5.32 Å². The minimum Gasteiger partial charge on any atom is -0.321 e. The number of amides is 2. The maximum absolute atomic E-state index is 13.9. The summed E-state index contributed by atoms with van der Waals surface area (Å²) < 4.78 is 13.9. The van der Waals surface area contributed by atoms with Crippen LogP contribution in [0.4, 0.5) is 10.1 Å². The van der Waals surface area contributed by atoms with Crippen LogP contribution in [0.25, 0.3) is 6.08 Å². The van der Waals surface area contributed by atoms with Crippen molar-refractivity contribution in [1.82, 2.24) is 5.32 Å². The first-order chi connectivity index (χ1) is 17.5. The van der Waals surface area contributed by atoms with Gasteiger partial charge < -0.3 is 10.6 Å². The third kappa shape index (κ3) is 7.07. The number of anilines is 1. The second kappa shape index (κ2) is 12.2. The number of nitrogens with one attached hydrogen (secondary N) is 2. The molecule has 0 radical (unpaired) electrons. The maximum Gasteiger partial charge on any atom is 0.272 e. The second-order valence-corrected chi connectivity index (χ2v) is 9.28. The van der Waals surface area contributed by atoms with Gasteiger partial charge in [-0.05, 0) is 65.7 Å². The smallest absolute Gasteiger partial charge is 0.272 e. The van der Waals surface area contributed by atoms with Crippen molar-refractivity contribution in [3.8, 4) is 0 Å². The highest BCUT2D eigenvalue weighted by Gasteiger charge is 2.15. The van der Waals surface area contributed by atoms with E-state index in [1.807, 2.05) is 18.2 Å². The number of carbonyl (C=O) groups excluding carboxylic acids is 2. The maximum atomic E-state index is 13.9. The van der Waals surface area contributed by atoms with Crippen LogP contribution in [-0.4, -0.2) is 11.8 Å². The number of carbonyl (C=O) groups is 2. The lowest BCUT2D eigenvalue weighted by molar-refractivity contribution is -0.113. The molecule has 0 saturated heterocycles. The van der Waals surface area contributed by atoms with Gasteiger partial charge in [-0.1, -0.05) is 66.2 Å². The quantitative estimate of drug-likeness (QED) is 0.192. The van der Waals surface area contributed by atoms with Gasteiger partial charge in [0.1, 0.15) is 11.5 Å². The Morgan fingerprint density at radius 2 is 1.61 bits per heavy atom. The van der Waals surface area contributed by atoms with E-state index in [4.69, 9.17) is 11.6 Å². The zero-order valence-electron chi connectivity index (χ0n) is 19.1. The second-order valence-electron chi connectivity index (χ2n) is 7.80. The molecule has 2 amide bonds. The van der Waals surface area contributed by atoms with Crippen molar-refractivity contribution in [3.63, 3.8) is 0 Å². The van der Waals surface area contributed by atoms with E-state index >= 15 is 0 Å². The first-order valence-electron chi connectivity index (χ1n) is 11.1. The van der Waals surface area contributed by atoms with E-state index in [2.05, 4.69) is 10.6 Å². The van der Waals surface area contributed by atoms with Crippen molar-refractivity contribution < 1.29 is 14.0 Å².